The molecule has 1 rings (SSSR count). The Morgan fingerprint density at radius 3 is 2.40 bits per heavy atom. The smallest absolute Gasteiger partial charge is 0.336 e. The second-order valence-corrected chi connectivity index (χ2v) is 2.83. The number of carboxylic acids is 1. The van der Waals surface area contributed by atoms with Crippen LogP contribution in [-0.4, -0.2) is 17.0 Å². The molecule has 0 atom stereocenters. The molecule has 5 heteroatoms. The van der Waals surface area contributed by atoms with Gasteiger partial charge in [0.15, 0.2) is 0 Å². The van der Waals surface area contributed by atoms with Crippen LogP contribution < -0.4 is 4.74 Å². The molecule has 0 bridgehead atoms. The third-order valence-electron chi connectivity index (χ3n) is 1.77. The lowest BCUT2D eigenvalue weighted by Gasteiger charge is -2.07. The van der Waals surface area contributed by atoms with Gasteiger partial charge in [0.1, 0.15) is 5.75 Å². The van der Waals surface area contributed by atoms with Crippen molar-refractivity contribution < 1.29 is 19.4 Å². The molecule has 0 fully saturated rings. The summed E-state index contributed by atoms with van der Waals surface area (Å²) in [6, 6.07) is 4.56. The highest BCUT2D eigenvalue weighted by Gasteiger charge is 2.11. The number of carboxylic acid groups (broad SMARTS) is 1. The van der Waals surface area contributed by atoms with Crippen LogP contribution in [0.3, 0.4) is 0 Å². The zero-order chi connectivity index (χ0) is 10.7. The summed E-state index contributed by atoms with van der Waals surface area (Å²) in [6.45, 7) is 2.87. The van der Waals surface area contributed by atoms with Crippen LogP contribution in [0, 0.1) is 6.92 Å². The Balaban J connectivity index is 0.00000196. The molecule has 0 aliphatic carbocycles. The van der Waals surface area contributed by atoms with Crippen molar-refractivity contribution in [2.24, 2.45) is 0 Å². The van der Waals surface area contributed by atoms with Gasteiger partial charge in [0.2, 0.25) is 0 Å². The normalized spacial score (nSPS) is 8.93. The summed E-state index contributed by atoms with van der Waals surface area (Å²) in [6.07, 6.45) is 0. The van der Waals surface area contributed by atoms with Gasteiger partial charge in [0.25, 0.3) is 0 Å². The Bertz CT molecular complexity index is 387. The predicted molar refractivity (Wildman–Crippen MR) is 56.7 cm³/mol. The average molecular weight is 231 g/mol. The molecule has 0 heterocycles. The lowest BCUT2D eigenvalue weighted by molar-refractivity contribution is -0.131. The quantitative estimate of drug-likeness (QED) is 0.624. The van der Waals surface area contributed by atoms with Gasteiger partial charge in [-0.15, -0.1) is 12.4 Å². The highest BCUT2D eigenvalue weighted by molar-refractivity contribution is 5.90. The lowest BCUT2D eigenvalue weighted by atomic mass is 10.1. The first-order chi connectivity index (χ1) is 6.52. The lowest BCUT2D eigenvalue weighted by Crippen LogP contribution is -2.06. The molecule has 0 saturated heterocycles. The Labute approximate surface area is 93.3 Å². The van der Waals surface area contributed by atoms with Crippen LogP contribution in [0.15, 0.2) is 18.2 Å². The second-order valence-electron chi connectivity index (χ2n) is 2.83. The standard InChI is InChI=1S/C10H10O4.ClH/c1-6-8(10(12)13)4-3-5-9(6)14-7(2)11;/h3-5H,1-2H3,(H,12,13);1H. The van der Waals surface area contributed by atoms with Gasteiger partial charge in [-0.3, -0.25) is 4.79 Å². The van der Waals surface area contributed by atoms with E-state index in [-0.39, 0.29) is 23.7 Å². The number of rotatable bonds is 2. The first kappa shape index (κ1) is 13.4. The molecule has 15 heavy (non-hydrogen) atoms. The second kappa shape index (κ2) is 5.36. The molecular formula is C10H11ClO4. The van der Waals surface area contributed by atoms with Crippen LogP contribution in [0.4, 0.5) is 0 Å². The van der Waals surface area contributed by atoms with E-state index < -0.39 is 11.9 Å². The Kier molecular flexibility index (Phi) is 4.81. The predicted octanol–water partition coefficient (Wildman–Crippen LogP) is 2.04. The number of benzene rings is 1. The zero-order valence-corrected chi connectivity index (χ0v) is 9.13. The number of aromatic carboxylic acids is 1. The Morgan fingerprint density at radius 2 is 1.93 bits per heavy atom. The van der Waals surface area contributed by atoms with Crippen LogP contribution in [0.25, 0.3) is 0 Å². The minimum absolute atomic E-state index is 0. The molecular weight excluding hydrogens is 220 g/mol. The molecule has 1 N–H and O–H groups in total. The van der Waals surface area contributed by atoms with Crippen molar-refractivity contribution in [2.75, 3.05) is 0 Å². The number of halogens is 1. The van der Waals surface area contributed by atoms with Gasteiger partial charge in [-0.25, -0.2) is 4.79 Å². The molecule has 0 saturated carbocycles. The highest BCUT2D eigenvalue weighted by atomic mass is 35.5. The van der Waals surface area contributed by atoms with Gasteiger partial charge in [0.05, 0.1) is 5.56 Å². The van der Waals surface area contributed by atoms with Gasteiger partial charge in [-0.05, 0) is 19.1 Å². The fourth-order valence-corrected chi connectivity index (χ4v) is 1.11. The van der Waals surface area contributed by atoms with E-state index >= 15 is 0 Å². The van der Waals surface area contributed by atoms with Gasteiger partial charge in [-0.1, -0.05) is 6.07 Å². The summed E-state index contributed by atoms with van der Waals surface area (Å²) in [5.41, 5.74) is 0.596. The Hall–Kier alpha value is -1.55. The Morgan fingerprint density at radius 1 is 1.33 bits per heavy atom. The monoisotopic (exact) mass is 230 g/mol. The number of carbonyl (C=O) groups excluding carboxylic acids is 1. The first-order valence-corrected chi connectivity index (χ1v) is 4.03. The highest BCUT2D eigenvalue weighted by Crippen LogP contribution is 2.21. The summed E-state index contributed by atoms with van der Waals surface area (Å²) in [4.78, 5) is 21.4. The average Bonchev–Trinajstić information content (AvgIpc) is 2.07. The number of carbonyl (C=O) groups is 2. The molecule has 0 aliphatic heterocycles. The van der Waals surface area contributed by atoms with Crippen molar-refractivity contribution in [3.05, 3.63) is 29.3 Å². The number of esters is 1. The summed E-state index contributed by atoms with van der Waals surface area (Å²) in [5, 5.41) is 8.78. The van der Waals surface area contributed by atoms with E-state index in [9.17, 15) is 9.59 Å². The molecule has 0 unspecified atom stereocenters. The van der Waals surface area contributed by atoms with Crippen molar-refractivity contribution in [3.63, 3.8) is 0 Å². The molecule has 0 aliphatic rings. The van der Waals surface area contributed by atoms with E-state index in [4.69, 9.17) is 9.84 Å². The van der Waals surface area contributed by atoms with Crippen LogP contribution in [0.2, 0.25) is 0 Å². The summed E-state index contributed by atoms with van der Waals surface area (Å²) in [5.74, 6) is -1.20. The van der Waals surface area contributed by atoms with Crippen molar-refractivity contribution in [1.29, 1.82) is 0 Å². The van der Waals surface area contributed by atoms with E-state index in [0.29, 0.717) is 5.56 Å². The molecule has 0 radical (unpaired) electrons. The fraction of sp³-hybridized carbons (Fsp3) is 0.200. The van der Waals surface area contributed by atoms with Crippen LogP contribution in [0.5, 0.6) is 5.75 Å². The van der Waals surface area contributed by atoms with Crippen LogP contribution in [0.1, 0.15) is 22.8 Å². The largest absolute Gasteiger partial charge is 0.478 e. The molecule has 0 amide bonds. The van der Waals surface area contributed by atoms with Crippen LogP contribution in [-0.2, 0) is 4.79 Å². The molecule has 82 valence electrons. The first-order valence-electron chi connectivity index (χ1n) is 4.03. The van der Waals surface area contributed by atoms with Crippen molar-refractivity contribution in [1.82, 2.24) is 0 Å². The molecule has 1 aromatic carbocycles. The minimum atomic E-state index is -1.03. The molecule has 4 nitrogen and oxygen atoms in total. The number of hydrogen-bond acceptors (Lipinski definition) is 3. The van der Waals surface area contributed by atoms with Crippen molar-refractivity contribution in [3.8, 4) is 5.75 Å². The molecule has 0 spiro atoms. The SMILES string of the molecule is CC(=O)Oc1cccc(C(=O)O)c1C.Cl. The van der Waals surface area contributed by atoms with Crippen molar-refractivity contribution in [2.45, 2.75) is 13.8 Å². The van der Waals surface area contributed by atoms with E-state index in [1.807, 2.05) is 0 Å². The maximum Gasteiger partial charge on any atom is 0.336 e. The third kappa shape index (κ3) is 3.25. The van der Waals surface area contributed by atoms with E-state index in [1.165, 1.54) is 19.1 Å². The molecule has 1 aromatic rings. The third-order valence-corrected chi connectivity index (χ3v) is 1.77. The van der Waals surface area contributed by atoms with Gasteiger partial charge in [-0.2, -0.15) is 0 Å². The minimum Gasteiger partial charge on any atom is -0.478 e. The maximum absolute atomic E-state index is 10.7. The van der Waals surface area contributed by atoms with Crippen molar-refractivity contribution >= 4 is 24.3 Å². The summed E-state index contributed by atoms with van der Waals surface area (Å²) >= 11 is 0. The zero-order valence-electron chi connectivity index (χ0n) is 8.31. The number of ether oxygens (including phenoxy) is 1. The van der Waals surface area contributed by atoms with E-state index in [2.05, 4.69) is 0 Å². The van der Waals surface area contributed by atoms with Gasteiger partial charge >= 0.3 is 11.9 Å². The molecule has 0 aromatic heterocycles. The fourth-order valence-electron chi connectivity index (χ4n) is 1.11. The van der Waals surface area contributed by atoms with Gasteiger partial charge in [0, 0.05) is 12.5 Å². The van der Waals surface area contributed by atoms with E-state index in [1.54, 1.807) is 13.0 Å². The number of hydrogen-bond donors (Lipinski definition) is 1. The summed E-state index contributed by atoms with van der Waals surface area (Å²) < 4.78 is 4.83. The maximum atomic E-state index is 10.7. The van der Waals surface area contributed by atoms with E-state index in [0.717, 1.165) is 0 Å². The van der Waals surface area contributed by atoms with Crippen LogP contribution >= 0.6 is 12.4 Å². The van der Waals surface area contributed by atoms with Gasteiger partial charge < -0.3 is 9.84 Å². The topological polar surface area (TPSA) is 63.6 Å². The summed E-state index contributed by atoms with van der Waals surface area (Å²) in [7, 11) is 0.